The lowest BCUT2D eigenvalue weighted by molar-refractivity contribution is -0.301. The average Bonchev–Trinajstić information content (AvgIpc) is 3.35. The number of rotatable bonds is 7. The number of para-hydroxylation sites is 1. The van der Waals surface area contributed by atoms with Gasteiger partial charge in [0.05, 0.1) is 19.4 Å². The normalized spacial score (nSPS) is 29.3. The smallest absolute Gasteiger partial charge is 0.405 e. The average molecular weight is 516 g/mol. The highest BCUT2D eigenvalue weighted by Gasteiger charge is 2.64. The number of nitrogens with one attached hydrogen (secondary N) is 2. The van der Waals surface area contributed by atoms with Gasteiger partial charge in [-0.05, 0) is 49.5 Å². The molecule has 5 fully saturated rings. The first kappa shape index (κ1) is 24.2. The lowest BCUT2D eigenvalue weighted by atomic mass is 9.47. The summed E-state index contributed by atoms with van der Waals surface area (Å²) in [6.07, 6.45) is 2.08. The molecule has 8 nitrogen and oxygen atoms in total. The number of halogens is 3. The van der Waals surface area contributed by atoms with Crippen molar-refractivity contribution in [3.05, 3.63) is 41.6 Å². The lowest BCUT2D eigenvalue weighted by Crippen LogP contribution is -2.62. The summed E-state index contributed by atoms with van der Waals surface area (Å²) in [5.41, 5.74) is 0.715. The summed E-state index contributed by atoms with van der Waals surface area (Å²) in [4.78, 5) is 8.65. The van der Waals surface area contributed by atoms with E-state index in [4.69, 9.17) is 9.47 Å². The van der Waals surface area contributed by atoms with E-state index < -0.39 is 12.1 Å². The maximum absolute atomic E-state index is 12.7. The second-order valence-corrected chi connectivity index (χ2v) is 10.7. The Hall–Kier alpha value is -3.10. The molecule has 5 aliphatic rings. The molecule has 0 amide bonds. The van der Waals surface area contributed by atoms with Crippen LogP contribution in [0.4, 0.5) is 24.9 Å². The van der Waals surface area contributed by atoms with Crippen molar-refractivity contribution in [1.29, 1.82) is 5.26 Å². The molecule has 1 aromatic heterocycles. The molecule has 11 heteroatoms. The summed E-state index contributed by atoms with van der Waals surface area (Å²) in [5.74, 6) is 1.37. The molecule has 0 radical (unpaired) electrons. The van der Waals surface area contributed by atoms with Gasteiger partial charge in [0.1, 0.15) is 23.2 Å². The van der Waals surface area contributed by atoms with E-state index in [9.17, 15) is 18.4 Å². The number of alkyl halides is 3. The molecule has 2 unspecified atom stereocenters. The molecule has 37 heavy (non-hydrogen) atoms. The van der Waals surface area contributed by atoms with Crippen molar-refractivity contribution in [2.24, 2.45) is 23.2 Å². The molecular weight excluding hydrogens is 487 g/mol. The molecule has 2 aromatic rings. The van der Waals surface area contributed by atoms with Crippen LogP contribution < -0.4 is 15.4 Å². The Kier molecular flexibility index (Phi) is 5.92. The summed E-state index contributed by atoms with van der Waals surface area (Å²) < 4.78 is 54.7. The van der Waals surface area contributed by atoms with Crippen LogP contribution in [0.5, 0.6) is 5.75 Å². The number of benzene rings is 1. The fourth-order valence-electron chi connectivity index (χ4n) is 7.22. The number of ether oxygens (including phenoxy) is 3. The molecule has 1 saturated heterocycles. The van der Waals surface area contributed by atoms with Crippen LogP contribution in [0.25, 0.3) is 0 Å². The van der Waals surface area contributed by atoms with Crippen LogP contribution in [-0.4, -0.2) is 41.9 Å². The Morgan fingerprint density at radius 2 is 1.81 bits per heavy atom. The summed E-state index contributed by atoms with van der Waals surface area (Å²) in [5, 5.41) is 16.0. The first-order valence-corrected chi connectivity index (χ1v) is 12.6. The predicted octanol–water partition coefficient (Wildman–Crippen LogP) is 4.84. The largest absolute Gasteiger partial charge is 0.573 e. The Labute approximate surface area is 212 Å². The van der Waals surface area contributed by atoms with Gasteiger partial charge in [-0.3, -0.25) is 0 Å². The van der Waals surface area contributed by atoms with Gasteiger partial charge >= 0.3 is 6.36 Å². The molecule has 1 aliphatic heterocycles. The van der Waals surface area contributed by atoms with Crippen molar-refractivity contribution in [3.8, 4) is 11.8 Å². The van der Waals surface area contributed by atoms with Gasteiger partial charge in [0.2, 0.25) is 5.95 Å². The van der Waals surface area contributed by atoms with Crippen LogP contribution >= 0.6 is 0 Å². The maximum Gasteiger partial charge on any atom is 0.573 e. The first-order chi connectivity index (χ1) is 17.8. The summed E-state index contributed by atoms with van der Waals surface area (Å²) in [6.45, 7) is 2.03. The highest BCUT2D eigenvalue weighted by Crippen LogP contribution is 2.65. The second kappa shape index (κ2) is 9.03. The highest BCUT2D eigenvalue weighted by molar-refractivity contribution is 5.53. The molecule has 2 heterocycles. The van der Waals surface area contributed by atoms with Crippen molar-refractivity contribution in [3.63, 3.8) is 0 Å². The SMILES string of the molecule is N#Cc1cnc(NCc2ccccc2OC(F)(F)F)nc1NCC12CC3CC(C1)C1(OCCO1)C(C3)C2. The van der Waals surface area contributed by atoms with Crippen LogP contribution in [0.3, 0.4) is 0 Å². The van der Waals surface area contributed by atoms with Crippen LogP contribution in [0.2, 0.25) is 0 Å². The number of nitrogens with zero attached hydrogens (tertiary/aromatic N) is 3. The van der Waals surface area contributed by atoms with Crippen molar-refractivity contribution in [1.82, 2.24) is 9.97 Å². The molecule has 2 N–H and O–H groups in total. The lowest BCUT2D eigenvalue weighted by Gasteiger charge is -2.63. The number of hydrogen-bond donors (Lipinski definition) is 2. The van der Waals surface area contributed by atoms with E-state index in [-0.39, 0.29) is 23.7 Å². The molecular formula is C26H28F3N5O3. The van der Waals surface area contributed by atoms with Gasteiger partial charge in [0.25, 0.3) is 0 Å². The second-order valence-electron chi connectivity index (χ2n) is 10.7. The molecule has 7 rings (SSSR count). The molecule has 4 aliphatic carbocycles. The van der Waals surface area contributed by atoms with E-state index in [2.05, 4.69) is 31.4 Å². The van der Waals surface area contributed by atoms with E-state index in [0.717, 1.165) is 32.1 Å². The third kappa shape index (κ3) is 4.57. The molecule has 1 aromatic carbocycles. The zero-order valence-electron chi connectivity index (χ0n) is 20.2. The van der Waals surface area contributed by atoms with E-state index in [0.29, 0.717) is 54.5 Å². The van der Waals surface area contributed by atoms with Crippen LogP contribution in [-0.2, 0) is 16.0 Å². The quantitative estimate of drug-likeness (QED) is 0.540. The third-order valence-electron chi connectivity index (χ3n) is 8.37. The Bertz CT molecular complexity index is 1190. The molecule has 1 spiro atoms. The zero-order chi connectivity index (χ0) is 25.7. The van der Waals surface area contributed by atoms with Gasteiger partial charge in [-0.25, -0.2) is 4.98 Å². The number of anilines is 2. The maximum atomic E-state index is 12.7. The summed E-state index contributed by atoms with van der Waals surface area (Å²) in [7, 11) is 0. The standard InChI is InChI=1S/C26H28F3N5O3/c27-26(28,29)37-21-4-2-1-3-17(21)13-31-23-32-14-18(12-30)22(34-23)33-15-24-9-16-7-19(10-24)25(20(8-16)11-24)35-5-6-36-25/h1-4,14,16,19-20H,5-11,13,15H2,(H2,31,32,33,34). The fraction of sp³-hybridized carbons (Fsp3) is 0.577. The van der Waals surface area contributed by atoms with E-state index in [1.807, 2.05) is 0 Å². The van der Waals surface area contributed by atoms with Gasteiger partial charge in [0.15, 0.2) is 5.79 Å². The van der Waals surface area contributed by atoms with E-state index in [1.165, 1.54) is 24.4 Å². The Balaban J connectivity index is 1.15. The van der Waals surface area contributed by atoms with Gasteiger partial charge in [-0.15, -0.1) is 13.2 Å². The number of hydrogen-bond acceptors (Lipinski definition) is 8. The monoisotopic (exact) mass is 515 g/mol. The topological polar surface area (TPSA) is 101 Å². The van der Waals surface area contributed by atoms with Crippen LogP contribution in [0, 0.1) is 34.5 Å². The number of aromatic nitrogens is 2. The van der Waals surface area contributed by atoms with Gasteiger partial charge in [-0.1, -0.05) is 18.2 Å². The molecule has 2 atom stereocenters. The number of nitriles is 1. The van der Waals surface area contributed by atoms with Crippen molar-refractivity contribution >= 4 is 11.8 Å². The zero-order valence-corrected chi connectivity index (χ0v) is 20.2. The molecule has 4 bridgehead atoms. The highest BCUT2D eigenvalue weighted by atomic mass is 19.4. The summed E-state index contributed by atoms with van der Waals surface area (Å²) in [6, 6.07) is 8.03. The minimum Gasteiger partial charge on any atom is -0.405 e. The minimum atomic E-state index is -4.79. The van der Waals surface area contributed by atoms with Crippen LogP contribution in [0.1, 0.15) is 43.2 Å². The van der Waals surface area contributed by atoms with Gasteiger partial charge < -0.3 is 24.8 Å². The molecule has 196 valence electrons. The van der Waals surface area contributed by atoms with E-state index >= 15 is 0 Å². The third-order valence-corrected chi connectivity index (χ3v) is 8.37. The first-order valence-electron chi connectivity index (χ1n) is 12.6. The van der Waals surface area contributed by atoms with Crippen LogP contribution in [0.15, 0.2) is 30.5 Å². The van der Waals surface area contributed by atoms with Crippen molar-refractivity contribution in [2.75, 3.05) is 30.4 Å². The predicted molar refractivity (Wildman–Crippen MR) is 126 cm³/mol. The summed E-state index contributed by atoms with van der Waals surface area (Å²) >= 11 is 0. The Morgan fingerprint density at radius 3 is 2.51 bits per heavy atom. The fourth-order valence-corrected chi connectivity index (χ4v) is 7.22. The van der Waals surface area contributed by atoms with Crippen molar-refractivity contribution < 1.29 is 27.4 Å². The van der Waals surface area contributed by atoms with Gasteiger partial charge in [-0.2, -0.15) is 10.2 Å². The van der Waals surface area contributed by atoms with Crippen molar-refractivity contribution in [2.45, 2.75) is 50.8 Å². The Morgan fingerprint density at radius 1 is 1.08 bits per heavy atom. The van der Waals surface area contributed by atoms with Gasteiger partial charge in [0, 0.05) is 30.5 Å². The molecule has 4 saturated carbocycles. The van der Waals surface area contributed by atoms with E-state index in [1.54, 1.807) is 6.07 Å². The minimum absolute atomic E-state index is 0.0225.